The maximum atomic E-state index is 5.86. The van der Waals surface area contributed by atoms with Gasteiger partial charge >= 0.3 is 0 Å². The maximum absolute atomic E-state index is 5.86. The molecule has 3 saturated heterocycles. The van der Waals surface area contributed by atoms with Gasteiger partial charge in [0.05, 0.1) is 6.10 Å². The molecule has 3 aliphatic heterocycles. The van der Waals surface area contributed by atoms with Crippen LogP contribution in [0.1, 0.15) is 44.1 Å². The molecule has 3 unspecified atom stereocenters. The molecule has 0 radical (unpaired) electrons. The molecule has 140 valence electrons. The third kappa shape index (κ3) is 4.88. The molecule has 0 amide bonds. The summed E-state index contributed by atoms with van der Waals surface area (Å²) in [5.74, 6) is 0.955. The van der Waals surface area contributed by atoms with Crippen LogP contribution in [0.3, 0.4) is 0 Å². The summed E-state index contributed by atoms with van der Waals surface area (Å²) in [4.78, 5) is 2.54. The number of hydrogen-bond donors (Lipinski definition) is 1. The zero-order chi connectivity index (χ0) is 16.4. The number of nitrogens with zero attached hydrogens (tertiary/aromatic N) is 1. The lowest BCUT2D eigenvalue weighted by molar-refractivity contribution is 0.0679. The van der Waals surface area contributed by atoms with Crippen molar-refractivity contribution < 1.29 is 9.47 Å². The Morgan fingerprint density at radius 1 is 1.12 bits per heavy atom. The van der Waals surface area contributed by atoms with Gasteiger partial charge in [0.15, 0.2) is 0 Å². The minimum Gasteiger partial charge on any atom is -0.491 e. The first-order valence-corrected chi connectivity index (χ1v) is 9.56. The van der Waals surface area contributed by atoms with Crippen LogP contribution in [0, 0.1) is 0 Å². The molecule has 1 aromatic carbocycles. The second-order valence-electron chi connectivity index (χ2n) is 7.77. The molecule has 0 aromatic heterocycles. The molecule has 0 spiro atoms. The normalized spacial score (nSPS) is 31.1. The Bertz CT molecular complexity index is 521. The van der Waals surface area contributed by atoms with E-state index in [0.717, 1.165) is 49.9 Å². The van der Waals surface area contributed by atoms with Crippen molar-refractivity contribution in [3.63, 3.8) is 0 Å². The monoisotopic (exact) mass is 366 g/mol. The van der Waals surface area contributed by atoms with Crippen LogP contribution in [0.5, 0.6) is 5.75 Å². The minimum atomic E-state index is 0. The van der Waals surface area contributed by atoms with E-state index in [9.17, 15) is 0 Å². The molecule has 3 fully saturated rings. The fraction of sp³-hybridized carbons (Fsp3) is 0.700. The van der Waals surface area contributed by atoms with Gasteiger partial charge in [-0.15, -0.1) is 12.4 Å². The molecule has 1 aromatic rings. The molecule has 3 atom stereocenters. The zero-order valence-corrected chi connectivity index (χ0v) is 16.0. The summed E-state index contributed by atoms with van der Waals surface area (Å²) in [6.07, 6.45) is 7.91. The van der Waals surface area contributed by atoms with Crippen LogP contribution in [0.4, 0.5) is 0 Å². The molecule has 0 saturated carbocycles. The highest BCUT2D eigenvalue weighted by Crippen LogP contribution is 2.30. The summed E-state index contributed by atoms with van der Waals surface area (Å²) < 4.78 is 11.5. The Kier molecular flexibility index (Phi) is 6.61. The lowest BCUT2D eigenvalue weighted by Gasteiger charge is -2.35. The SMILES string of the molecule is CN(Cc1ccc(OCC2CCCO2)cc1)C1CC2CCC(C1)N2.Cl. The molecule has 4 rings (SSSR count). The molecule has 2 bridgehead atoms. The predicted molar refractivity (Wildman–Crippen MR) is 103 cm³/mol. The first-order valence-electron chi connectivity index (χ1n) is 9.56. The largest absolute Gasteiger partial charge is 0.491 e. The topological polar surface area (TPSA) is 33.7 Å². The quantitative estimate of drug-likeness (QED) is 0.836. The number of halogens is 1. The predicted octanol–water partition coefficient (Wildman–Crippen LogP) is 3.38. The van der Waals surface area contributed by atoms with Gasteiger partial charge < -0.3 is 14.8 Å². The van der Waals surface area contributed by atoms with Crippen LogP contribution in [0.25, 0.3) is 0 Å². The van der Waals surface area contributed by atoms with Crippen LogP contribution in [0.2, 0.25) is 0 Å². The first-order chi connectivity index (χ1) is 11.8. The lowest BCUT2D eigenvalue weighted by Crippen LogP contribution is -2.46. The van der Waals surface area contributed by atoms with Gasteiger partial charge in [-0.1, -0.05) is 12.1 Å². The average molecular weight is 367 g/mol. The van der Waals surface area contributed by atoms with Gasteiger partial charge in [0, 0.05) is 31.3 Å². The Hall–Kier alpha value is -0.810. The van der Waals surface area contributed by atoms with E-state index in [0.29, 0.717) is 6.61 Å². The minimum absolute atomic E-state index is 0. The molecular weight excluding hydrogens is 336 g/mol. The van der Waals surface area contributed by atoms with Crippen LogP contribution < -0.4 is 10.1 Å². The Labute approximate surface area is 157 Å². The van der Waals surface area contributed by atoms with E-state index >= 15 is 0 Å². The third-order valence-corrected chi connectivity index (χ3v) is 5.89. The number of benzene rings is 1. The number of hydrogen-bond acceptors (Lipinski definition) is 4. The van der Waals surface area contributed by atoms with E-state index in [1.54, 1.807) is 0 Å². The van der Waals surface area contributed by atoms with Crippen molar-refractivity contribution in [2.75, 3.05) is 20.3 Å². The van der Waals surface area contributed by atoms with Gasteiger partial charge in [-0.3, -0.25) is 4.90 Å². The van der Waals surface area contributed by atoms with Gasteiger partial charge in [-0.05, 0) is 63.3 Å². The fourth-order valence-corrected chi connectivity index (χ4v) is 4.46. The van der Waals surface area contributed by atoms with Crippen LogP contribution >= 0.6 is 12.4 Å². The van der Waals surface area contributed by atoms with Crippen molar-refractivity contribution in [2.45, 2.75) is 69.3 Å². The van der Waals surface area contributed by atoms with Gasteiger partial charge in [0.2, 0.25) is 0 Å². The van der Waals surface area contributed by atoms with E-state index < -0.39 is 0 Å². The molecule has 0 aliphatic carbocycles. The molecule has 5 heteroatoms. The average Bonchev–Trinajstić information content (AvgIpc) is 3.23. The van der Waals surface area contributed by atoms with Gasteiger partial charge in [0.1, 0.15) is 12.4 Å². The van der Waals surface area contributed by atoms with Gasteiger partial charge in [-0.25, -0.2) is 0 Å². The third-order valence-electron chi connectivity index (χ3n) is 5.89. The van der Waals surface area contributed by atoms with Crippen LogP contribution in [-0.4, -0.2) is 49.4 Å². The number of fused-ring (bicyclic) bond motifs is 2. The molecular formula is C20H31ClN2O2. The van der Waals surface area contributed by atoms with Crippen molar-refractivity contribution in [2.24, 2.45) is 0 Å². The van der Waals surface area contributed by atoms with E-state index in [-0.39, 0.29) is 18.5 Å². The second-order valence-corrected chi connectivity index (χ2v) is 7.77. The number of piperidine rings is 1. The summed E-state index contributed by atoms with van der Waals surface area (Å²) in [5, 5.41) is 3.73. The summed E-state index contributed by atoms with van der Waals surface area (Å²) in [5.41, 5.74) is 1.37. The number of ether oxygens (including phenoxy) is 2. The highest BCUT2D eigenvalue weighted by atomic mass is 35.5. The van der Waals surface area contributed by atoms with Crippen molar-refractivity contribution >= 4 is 12.4 Å². The van der Waals surface area contributed by atoms with Crippen molar-refractivity contribution in [1.29, 1.82) is 0 Å². The number of nitrogens with one attached hydrogen (secondary N) is 1. The Morgan fingerprint density at radius 3 is 2.48 bits per heavy atom. The van der Waals surface area contributed by atoms with Crippen LogP contribution in [0.15, 0.2) is 24.3 Å². The van der Waals surface area contributed by atoms with E-state index in [4.69, 9.17) is 9.47 Å². The van der Waals surface area contributed by atoms with Crippen molar-refractivity contribution in [1.82, 2.24) is 10.2 Å². The molecule has 3 heterocycles. The van der Waals surface area contributed by atoms with Crippen molar-refractivity contribution in [3.05, 3.63) is 29.8 Å². The zero-order valence-electron chi connectivity index (χ0n) is 15.2. The second kappa shape index (κ2) is 8.72. The van der Waals surface area contributed by atoms with Crippen LogP contribution in [-0.2, 0) is 11.3 Å². The fourth-order valence-electron chi connectivity index (χ4n) is 4.46. The molecule has 25 heavy (non-hydrogen) atoms. The van der Waals surface area contributed by atoms with Gasteiger partial charge in [-0.2, -0.15) is 0 Å². The van der Waals surface area contributed by atoms with Crippen molar-refractivity contribution in [3.8, 4) is 5.75 Å². The molecule has 4 nitrogen and oxygen atoms in total. The summed E-state index contributed by atoms with van der Waals surface area (Å²) >= 11 is 0. The Balaban J connectivity index is 0.00000182. The van der Waals surface area contributed by atoms with Gasteiger partial charge in [0.25, 0.3) is 0 Å². The summed E-state index contributed by atoms with van der Waals surface area (Å²) in [6.45, 7) is 2.59. The Morgan fingerprint density at radius 2 is 1.84 bits per heavy atom. The standard InChI is InChI=1S/C20H30N2O2.ClH/c1-22(18-11-16-6-7-17(12-18)21-16)13-15-4-8-19(9-5-15)24-14-20-3-2-10-23-20;/h4-5,8-9,16-18,20-21H,2-3,6-7,10-14H2,1H3;1H. The smallest absolute Gasteiger partial charge is 0.119 e. The van der Waals surface area contributed by atoms with E-state index in [1.807, 2.05) is 0 Å². The first kappa shape index (κ1) is 19.0. The molecule has 1 N–H and O–H groups in total. The highest BCUT2D eigenvalue weighted by molar-refractivity contribution is 5.85. The lowest BCUT2D eigenvalue weighted by atomic mass is 9.98. The highest BCUT2D eigenvalue weighted by Gasteiger charge is 2.34. The molecule has 3 aliphatic rings. The summed E-state index contributed by atoms with van der Waals surface area (Å²) in [6, 6.07) is 10.8. The number of rotatable bonds is 6. The maximum Gasteiger partial charge on any atom is 0.119 e. The van der Waals surface area contributed by atoms with E-state index in [1.165, 1.54) is 31.2 Å². The summed E-state index contributed by atoms with van der Waals surface area (Å²) in [7, 11) is 2.28. The van der Waals surface area contributed by atoms with E-state index in [2.05, 4.69) is 41.5 Å².